The van der Waals surface area contributed by atoms with Crippen molar-refractivity contribution in [2.75, 3.05) is 17.2 Å². The van der Waals surface area contributed by atoms with Crippen molar-refractivity contribution in [1.82, 2.24) is 0 Å². The van der Waals surface area contributed by atoms with E-state index in [0.29, 0.717) is 11.4 Å². The molecule has 1 aliphatic rings. The second kappa shape index (κ2) is 8.22. The van der Waals surface area contributed by atoms with Crippen molar-refractivity contribution in [1.29, 1.82) is 0 Å². The minimum Gasteiger partial charge on any atom is -0.479 e. The highest BCUT2D eigenvalue weighted by Crippen LogP contribution is 2.33. The topological polar surface area (TPSA) is 76.7 Å². The van der Waals surface area contributed by atoms with E-state index in [2.05, 4.69) is 31.4 Å². The van der Waals surface area contributed by atoms with Crippen LogP contribution in [0.4, 0.5) is 16.2 Å². The summed E-state index contributed by atoms with van der Waals surface area (Å²) < 4.78 is 11.0. The van der Waals surface area contributed by atoms with Gasteiger partial charge in [-0.05, 0) is 54.3 Å². The van der Waals surface area contributed by atoms with Crippen LogP contribution in [0.5, 0.6) is 5.75 Å². The summed E-state index contributed by atoms with van der Waals surface area (Å²) in [6.07, 6.45) is 3.75. The molecule has 0 bridgehead atoms. The van der Waals surface area contributed by atoms with Gasteiger partial charge in [-0.1, -0.05) is 39.0 Å². The fraction of sp³-hybridized carbons (Fsp3) is 0.333. The maximum atomic E-state index is 12.4. The number of benzene rings is 2. The fourth-order valence-electron chi connectivity index (χ4n) is 3.07. The summed E-state index contributed by atoms with van der Waals surface area (Å²) in [5, 5.41) is 5.68. The second-order valence-corrected chi connectivity index (χ2v) is 8.69. The number of nitrogens with one attached hydrogen (secondary N) is 2. The summed E-state index contributed by atoms with van der Waals surface area (Å²) in [7, 11) is 0. The molecule has 0 saturated carbocycles. The number of urea groups is 1. The van der Waals surface area contributed by atoms with Gasteiger partial charge in [0, 0.05) is 23.9 Å². The van der Waals surface area contributed by atoms with Gasteiger partial charge >= 0.3 is 12.0 Å². The van der Waals surface area contributed by atoms with Crippen LogP contribution in [-0.4, -0.2) is 24.2 Å². The van der Waals surface area contributed by atoms with Gasteiger partial charge in [0.2, 0.25) is 0 Å². The lowest BCUT2D eigenvalue weighted by Gasteiger charge is -2.31. The lowest BCUT2D eigenvalue weighted by Crippen LogP contribution is -2.37. The molecule has 0 fully saturated rings. The highest BCUT2D eigenvalue weighted by Gasteiger charge is 2.29. The molecule has 3 rings (SSSR count). The highest BCUT2D eigenvalue weighted by atomic mass is 16.6. The molecule has 0 saturated heterocycles. The number of ether oxygens (including phenoxy) is 2. The molecule has 6 heteroatoms. The molecule has 2 N–H and O–H groups in total. The largest absolute Gasteiger partial charge is 0.479 e. The fourth-order valence-corrected chi connectivity index (χ4v) is 3.07. The summed E-state index contributed by atoms with van der Waals surface area (Å²) in [4.78, 5) is 23.4. The Morgan fingerprint density at radius 3 is 2.30 bits per heavy atom. The predicted molar refractivity (Wildman–Crippen MR) is 119 cm³/mol. The molecule has 6 nitrogen and oxygen atoms in total. The summed E-state index contributed by atoms with van der Waals surface area (Å²) in [5.74, 6) is 0.313. The van der Waals surface area contributed by atoms with Gasteiger partial charge in [0.1, 0.15) is 12.4 Å². The Bertz CT molecular complexity index is 974. The van der Waals surface area contributed by atoms with Crippen LogP contribution in [0.1, 0.15) is 45.7 Å². The van der Waals surface area contributed by atoms with Gasteiger partial charge in [-0.3, -0.25) is 4.79 Å². The molecule has 1 aliphatic heterocycles. The van der Waals surface area contributed by atoms with Crippen molar-refractivity contribution < 1.29 is 19.1 Å². The average Bonchev–Trinajstić information content (AvgIpc) is 2.66. The molecule has 158 valence electrons. The number of fused-ring (bicyclic) bond motifs is 1. The van der Waals surface area contributed by atoms with Crippen LogP contribution in [0.2, 0.25) is 0 Å². The Labute approximate surface area is 177 Å². The zero-order valence-corrected chi connectivity index (χ0v) is 18.0. The number of esters is 1. The Morgan fingerprint density at radius 2 is 1.67 bits per heavy atom. The van der Waals surface area contributed by atoms with Crippen molar-refractivity contribution in [3.8, 4) is 5.75 Å². The number of hydrogen-bond donors (Lipinski definition) is 2. The van der Waals surface area contributed by atoms with Gasteiger partial charge in [-0.2, -0.15) is 0 Å². The summed E-state index contributed by atoms with van der Waals surface area (Å²) >= 11 is 0. The maximum absolute atomic E-state index is 12.4. The molecule has 2 amide bonds. The molecular weight excluding hydrogens is 380 g/mol. The number of carbonyl (C=O) groups excluding carboxylic acids is 2. The zero-order valence-electron chi connectivity index (χ0n) is 18.0. The lowest BCUT2D eigenvalue weighted by atomic mass is 9.87. The van der Waals surface area contributed by atoms with Crippen LogP contribution in [-0.2, 0) is 14.9 Å². The van der Waals surface area contributed by atoms with Crippen molar-refractivity contribution >= 4 is 29.5 Å². The SMILES string of the molecule is CC(=O)OCC1(C)C=Cc2cc(NC(=O)Nc3ccc(C(C)(C)C)cc3)ccc2O1. The summed E-state index contributed by atoms with van der Waals surface area (Å²) in [6, 6.07) is 12.9. The van der Waals surface area contributed by atoms with Gasteiger partial charge in [-0.25, -0.2) is 4.79 Å². The van der Waals surface area contributed by atoms with Crippen LogP contribution in [0.3, 0.4) is 0 Å². The molecule has 0 aliphatic carbocycles. The summed E-state index contributed by atoms with van der Waals surface area (Å²) in [6.45, 7) is 9.79. The van der Waals surface area contributed by atoms with E-state index in [4.69, 9.17) is 9.47 Å². The van der Waals surface area contributed by atoms with Gasteiger partial charge in [0.15, 0.2) is 5.60 Å². The monoisotopic (exact) mass is 408 g/mol. The van der Waals surface area contributed by atoms with Crippen LogP contribution >= 0.6 is 0 Å². The van der Waals surface area contributed by atoms with Gasteiger partial charge in [-0.15, -0.1) is 0 Å². The Balaban J connectivity index is 1.63. The molecule has 0 spiro atoms. The third kappa shape index (κ3) is 5.41. The molecule has 1 unspecified atom stereocenters. The minimum atomic E-state index is -0.718. The third-order valence-corrected chi connectivity index (χ3v) is 4.80. The molecular formula is C24H28N2O4. The van der Waals surface area contributed by atoms with Gasteiger partial charge < -0.3 is 20.1 Å². The van der Waals surface area contributed by atoms with E-state index in [-0.39, 0.29) is 24.0 Å². The Kier molecular flexibility index (Phi) is 5.87. The molecule has 0 aromatic heterocycles. The van der Waals surface area contributed by atoms with Crippen LogP contribution in [0.15, 0.2) is 48.5 Å². The first kappa shape index (κ1) is 21.4. The van der Waals surface area contributed by atoms with Crippen molar-refractivity contribution in [3.63, 3.8) is 0 Å². The van der Waals surface area contributed by atoms with E-state index in [9.17, 15) is 9.59 Å². The standard InChI is InChI=1S/C24H28N2O4/c1-16(27)29-15-24(5)13-12-17-14-20(10-11-21(17)30-24)26-22(28)25-19-8-6-18(7-9-19)23(2,3)4/h6-14H,15H2,1-5H3,(H2,25,26,28). The van der Waals surface area contributed by atoms with Crippen molar-refractivity contribution in [3.05, 3.63) is 59.7 Å². The van der Waals surface area contributed by atoms with Gasteiger partial charge in [0.25, 0.3) is 0 Å². The predicted octanol–water partition coefficient (Wildman–Crippen LogP) is 5.36. The lowest BCUT2D eigenvalue weighted by molar-refractivity contribution is -0.145. The maximum Gasteiger partial charge on any atom is 0.323 e. The van der Waals surface area contributed by atoms with E-state index in [1.165, 1.54) is 12.5 Å². The summed E-state index contributed by atoms with van der Waals surface area (Å²) in [5.41, 5.74) is 2.76. The van der Waals surface area contributed by atoms with E-state index in [1.54, 1.807) is 12.1 Å². The Morgan fingerprint density at radius 1 is 1.03 bits per heavy atom. The number of anilines is 2. The normalized spacial score (nSPS) is 17.5. The van der Waals surface area contributed by atoms with Crippen LogP contribution < -0.4 is 15.4 Å². The number of amides is 2. The van der Waals surface area contributed by atoms with Gasteiger partial charge in [0.05, 0.1) is 0 Å². The van der Waals surface area contributed by atoms with Crippen molar-refractivity contribution in [2.24, 2.45) is 0 Å². The molecule has 2 aromatic carbocycles. The van der Waals surface area contributed by atoms with Crippen molar-refractivity contribution in [2.45, 2.75) is 45.6 Å². The first-order valence-electron chi connectivity index (χ1n) is 9.88. The minimum absolute atomic E-state index is 0.0633. The van der Waals surface area contributed by atoms with Crippen LogP contribution in [0.25, 0.3) is 6.08 Å². The van der Waals surface area contributed by atoms with E-state index in [1.807, 2.05) is 49.4 Å². The quantitative estimate of drug-likeness (QED) is 0.668. The van der Waals surface area contributed by atoms with E-state index in [0.717, 1.165) is 11.3 Å². The molecule has 1 heterocycles. The average molecular weight is 408 g/mol. The smallest absolute Gasteiger partial charge is 0.323 e. The molecule has 1 atom stereocenters. The Hall–Kier alpha value is -3.28. The number of hydrogen-bond acceptors (Lipinski definition) is 4. The number of rotatable bonds is 4. The van der Waals surface area contributed by atoms with E-state index >= 15 is 0 Å². The number of carbonyl (C=O) groups is 2. The zero-order chi connectivity index (χ0) is 21.9. The molecule has 0 radical (unpaired) electrons. The highest BCUT2D eigenvalue weighted by molar-refractivity contribution is 6.00. The van der Waals surface area contributed by atoms with E-state index < -0.39 is 5.60 Å². The second-order valence-electron chi connectivity index (χ2n) is 8.69. The molecule has 30 heavy (non-hydrogen) atoms. The third-order valence-electron chi connectivity index (χ3n) is 4.80. The molecule has 2 aromatic rings. The van der Waals surface area contributed by atoms with Crippen LogP contribution in [0, 0.1) is 0 Å². The first-order valence-corrected chi connectivity index (χ1v) is 9.88. The first-order chi connectivity index (χ1) is 14.0.